The summed E-state index contributed by atoms with van der Waals surface area (Å²) in [6.07, 6.45) is -10.7. The predicted molar refractivity (Wildman–Crippen MR) is 128 cm³/mol. The number of ether oxygens (including phenoxy) is 6. The van der Waals surface area contributed by atoms with Gasteiger partial charge in [-0.15, -0.1) is 0 Å². The fraction of sp³-hybridized carbons (Fsp3) is 0.500. The van der Waals surface area contributed by atoms with Crippen LogP contribution in [-0.4, -0.2) is 82.7 Å². The number of fused-ring (bicyclic) bond motifs is 5. The van der Waals surface area contributed by atoms with Crippen LogP contribution in [0.5, 0.6) is 28.7 Å². The van der Waals surface area contributed by atoms with E-state index in [1.807, 2.05) is 13.8 Å². The van der Waals surface area contributed by atoms with Crippen molar-refractivity contribution in [3.63, 3.8) is 0 Å². The molecule has 8 atom stereocenters. The van der Waals surface area contributed by atoms with Crippen molar-refractivity contribution in [2.24, 2.45) is 0 Å². The van der Waals surface area contributed by atoms with Crippen molar-refractivity contribution in [1.82, 2.24) is 0 Å². The van der Waals surface area contributed by atoms with Gasteiger partial charge >= 0.3 is 5.97 Å². The number of carboxylic acid groups (broad SMARTS) is 1. The Labute approximate surface area is 217 Å². The molecule has 0 unspecified atom stereocenters. The highest BCUT2D eigenvalue weighted by atomic mass is 16.7. The number of aliphatic hydroxyl groups excluding tert-OH is 4. The number of hydrogen-bond donors (Lipinski definition) is 5. The third-order valence-electron chi connectivity index (χ3n) is 7.13. The van der Waals surface area contributed by atoms with Gasteiger partial charge in [0, 0.05) is 17.2 Å². The highest BCUT2D eigenvalue weighted by Crippen LogP contribution is 2.59. The summed E-state index contributed by atoms with van der Waals surface area (Å²) in [5.74, 6) is -0.442. The second kappa shape index (κ2) is 9.79. The van der Waals surface area contributed by atoms with Crippen molar-refractivity contribution >= 4 is 5.97 Å². The zero-order valence-electron chi connectivity index (χ0n) is 21.1. The summed E-state index contributed by atoms with van der Waals surface area (Å²) in [7, 11) is 3.02. The van der Waals surface area contributed by atoms with E-state index in [0.29, 0.717) is 28.4 Å². The fourth-order valence-corrected chi connectivity index (χ4v) is 5.26. The van der Waals surface area contributed by atoms with E-state index in [1.54, 1.807) is 18.2 Å². The van der Waals surface area contributed by atoms with E-state index in [1.165, 1.54) is 20.3 Å². The molecule has 3 aliphatic rings. The van der Waals surface area contributed by atoms with Crippen molar-refractivity contribution in [2.45, 2.75) is 68.8 Å². The number of carboxylic acids is 1. The molecule has 3 heterocycles. The van der Waals surface area contributed by atoms with Gasteiger partial charge in [0.15, 0.2) is 17.6 Å². The Morgan fingerprint density at radius 2 is 1.71 bits per heavy atom. The third-order valence-corrected chi connectivity index (χ3v) is 7.13. The highest BCUT2D eigenvalue weighted by Gasteiger charge is 2.50. The summed E-state index contributed by atoms with van der Waals surface area (Å²) in [6.45, 7) is 3.88. The molecule has 0 radical (unpaired) electrons. The molecule has 5 N–H and O–H groups in total. The normalized spacial score (nSPS) is 31.4. The molecule has 1 saturated heterocycles. The molecular weight excluding hydrogens is 504 g/mol. The van der Waals surface area contributed by atoms with Gasteiger partial charge in [0.25, 0.3) is 0 Å². The number of benzene rings is 2. The van der Waals surface area contributed by atoms with Crippen LogP contribution >= 0.6 is 0 Å². The van der Waals surface area contributed by atoms with Gasteiger partial charge in [-0.05, 0) is 23.6 Å². The summed E-state index contributed by atoms with van der Waals surface area (Å²) in [5, 5.41) is 50.8. The maximum absolute atomic E-state index is 11.5. The van der Waals surface area contributed by atoms with Gasteiger partial charge in [0.1, 0.15) is 35.9 Å². The molecule has 206 valence electrons. The van der Waals surface area contributed by atoms with Crippen molar-refractivity contribution in [1.29, 1.82) is 0 Å². The van der Waals surface area contributed by atoms with Crippen molar-refractivity contribution in [3.05, 3.63) is 41.0 Å². The molecular formula is C26H30O12. The zero-order chi connectivity index (χ0) is 27.5. The minimum Gasteiger partial charge on any atom is -0.493 e. The number of methoxy groups -OCH3 is 2. The average Bonchev–Trinajstić information content (AvgIpc) is 3.27. The first-order valence-corrected chi connectivity index (χ1v) is 12.1. The molecule has 0 bridgehead atoms. The second-order valence-electron chi connectivity index (χ2n) is 9.72. The van der Waals surface area contributed by atoms with E-state index in [-0.39, 0.29) is 17.4 Å². The molecule has 3 aliphatic heterocycles. The monoisotopic (exact) mass is 534 g/mol. The SMILES string of the molecule is COc1ccc2c(c1OC)O[C@@H]1c3c(cc(O[C@H]4O[C@H](C(=O)O)[C@@H](O)[C@H](O)[C@H]4O)cc3C(C)C)O[C@H](O)[C@@H]21. The minimum atomic E-state index is -1.84. The van der Waals surface area contributed by atoms with E-state index < -0.39 is 55.0 Å². The lowest BCUT2D eigenvalue weighted by atomic mass is 9.83. The van der Waals surface area contributed by atoms with E-state index in [2.05, 4.69) is 0 Å². The fourth-order valence-electron chi connectivity index (χ4n) is 5.26. The molecule has 12 nitrogen and oxygen atoms in total. The minimum absolute atomic E-state index is 0.0769. The second-order valence-corrected chi connectivity index (χ2v) is 9.72. The van der Waals surface area contributed by atoms with Crippen LogP contribution in [0.3, 0.4) is 0 Å². The molecule has 38 heavy (non-hydrogen) atoms. The van der Waals surface area contributed by atoms with Gasteiger partial charge in [-0.25, -0.2) is 4.79 Å². The average molecular weight is 535 g/mol. The summed E-state index contributed by atoms with van der Waals surface area (Å²) in [4.78, 5) is 11.5. The van der Waals surface area contributed by atoms with Gasteiger partial charge < -0.3 is 54.0 Å². The molecule has 0 aliphatic carbocycles. The number of aliphatic carboxylic acids is 1. The third kappa shape index (κ3) is 4.09. The van der Waals surface area contributed by atoms with Crippen LogP contribution < -0.4 is 23.7 Å². The Bertz CT molecular complexity index is 1230. The molecule has 0 spiro atoms. The first kappa shape index (κ1) is 26.3. The van der Waals surface area contributed by atoms with Crippen LogP contribution in [0.15, 0.2) is 24.3 Å². The van der Waals surface area contributed by atoms with Crippen LogP contribution in [0.2, 0.25) is 0 Å². The number of rotatable bonds is 6. The molecule has 2 aromatic carbocycles. The predicted octanol–water partition coefficient (Wildman–Crippen LogP) is 1.03. The standard InChI is InChI=1S/C26H30O12/c1-9(2)12-7-10(35-26-19(29)17(27)18(28)23(38-26)24(30)31)8-14-15(12)22-16(25(32)36-14)11-5-6-13(33-3)21(34-4)20(11)37-22/h5-9,16-19,22-23,25-29,32H,1-4H3,(H,30,31)/t16-,17-,18-,19+,22+,23-,25-,26-/m0/s1. The van der Waals surface area contributed by atoms with E-state index >= 15 is 0 Å². The molecule has 0 amide bonds. The van der Waals surface area contributed by atoms with Crippen LogP contribution in [0.25, 0.3) is 0 Å². The van der Waals surface area contributed by atoms with Crippen LogP contribution in [-0.2, 0) is 9.53 Å². The van der Waals surface area contributed by atoms with Crippen molar-refractivity contribution < 1.29 is 58.7 Å². The maximum Gasteiger partial charge on any atom is 0.335 e. The smallest absolute Gasteiger partial charge is 0.335 e. The van der Waals surface area contributed by atoms with Gasteiger partial charge in [-0.2, -0.15) is 0 Å². The largest absolute Gasteiger partial charge is 0.493 e. The van der Waals surface area contributed by atoms with Crippen LogP contribution in [0.4, 0.5) is 0 Å². The van der Waals surface area contributed by atoms with Crippen LogP contribution in [0.1, 0.15) is 48.5 Å². The van der Waals surface area contributed by atoms with Gasteiger partial charge in [0.2, 0.25) is 18.3 Å². The number of carbonyl (C=O) groups is 1. The Kier molecular flexibility index (Phi) is 6.78. The van der Waals surface area contributed by atoms with E-state index in [9.17, 15) is 30.3 Å². The van der Waals surface area contributed by atoms with Crippen molar-refractivity contribution in [2.75, 3.05) is 14.2 Å². The van der Waals surface area contributed by atoms with Crippen LogP contribution in [0, 0.1) is 0 Å². The lowest BCUT2D eigenvalue weighted by molar-refractivity contribution is -0.271. The van der Waals surface area contributed by atoms with E-state index in [0.717, 1.165) is 5.56 Å². The van der Waals surface area contributed by atoms with Gasteiger partial charge in [0.05, 0.1) is 20.1 Å². The highest BCUT2D eigenvalue weighted by molar-refractivity contribution is 5.73. The molecule has 0 aromatic heterocycles. The van der Waals surface area contributed by atoms with E-state index in [4.69, 9.17) is 28.4 Å². The maximum atomic E-state index is 11.5. The summed E-state index contributed by atoms with van der Waals surface area (Å²) >= 11 is 0. The zero-order valence-corrected chi connectivity index (χ0v) is 21.1. The molecule has 2 aromatic rings. The summed E-state index contributed by atoms with van der Waals surface area (Å²) in [5.41, 5.74) is 2.13. The Hall–Kier alpha value is -3.29. The first-order valence-electron chi connectivity index (χ1n) is 12.1. The summed E-state index contributed by atoms with van der Waals surface area (Å²) < 4.78 is 34.2. The molecule has 0 saturated carbocycles. The molecule has 1 fully saturated rings. The van der Waals surface area contributed by atoms with Crippen molar-refractivity contribution in [3.8, 4) is 28.7 Å². The Morgan fingerprint density at radius 1 is 0.974 bits per heavy atom. The topological polar surface area (TPSA) is 174 Å². The first-order chi connectivity index (χ1) is 18.1. The molecule has 5 rings (SSSR count). The number of hydrogen-bond acceptors (Lipinski definition) is 11. The van der Waals surface area contributed by atoms with Gasteiger partial charge in [-0.3, -0.25) is 0 Å². The quantitative estimate of drug-likeness (QED) is 0.357. The number of aliphatic hydroxyl groups is 4. The Balaban J connectivity index is 1.52. The molecule has 12 heteroatoms. The Morgan fingerprint density at radius 3 is 2.34 bits per heavy atom. The lowest BCUT2D eigenvalue weighted by Crippen LogP contribution is -2.61. The lowest BCUT2D eigenvalue weighted by Gasteiger charge is -2.39. The van der Waals surface area contributed by atoms with Gasteiger partial charge in [-0.1, -0.05) is 19.9 Å². The summed E-state index contributed by atoms with van der Waals surface area (Å²) in [6, 6.07) is 6.67.